The van der Waals surface area contributed by atoms with E-state index in [-0.39, 0.29) is 6.61 Å². The number of hydrogen-bond acceptors (Lipinski definition) is 4. The van der Waals surface area contributed by atoms with Crippen LogP contribution in [0.2, 0.25) is 0 Å². The summed E-state index contributed by atoms with van der Waals surface area (Å²) >= 11 is 0. The second-order valence-electron chi connectivity index (χ2n) is 5.11. The van der Waals surface area contributed by atoms with Gasteiger partial charge in [0, 0.05) is 25.8 Å². The van der Waals surface area contributed by atoms with Crippen molar-refractivity contribution in [3.8, 4) is 11.8 Å². The average Bonchev–Trinajstić information content (AvgIpc) is 3.21. The molecule has 0 spiro atoms. The quantitative estimate of drug-likeness (QED) is 0.858. The van der Waals surface area contributed by atoms with Gasteiger partial charge in [0.05, 0.1) is 6.07 Å². The fraction of sp³-hybridized carbons (Fsp3) is 0.500. The molecule has 1 aliphatic rings. The SMILES string of the molecule is CN(C)c1cccc(OCC(N)(C#N)C2CC2)c1. The highest BCUT2D eigenvalue weighted by atomic mass is 16.5. The molecule has 0 bridgehead atoms. The summed E-state index contributed by atoms with van der Waals surface area (Å²) in [5.74, 6) is 1.05. The Morgan fingerprint density at radius 1 is 1.50 bits per heavy atom. The van der Waals surface area contributed by atoms with Gasteiger partial charge in [0.15, 0.2) is 0 Å². The third-order valence-corrected chi connectivity index (χ3v) is 3.33. The lowest BCUT2D eigenvalue weighted by atomic mass is 9.98. The predicted molar refractivity (Wildman–Crippen MR) is 71.5 cm³/mol. The van der Waals surface area contributed by atoms with Crippen LogP contribution < -0.4 is 15.4 Å². The molecule has 1 aliphatic carbocycles. The van der Waals surface area contributed by atoms with Gasteiger partial charge in [-0.15, -0.1) is 0 Å². The van der Waals surface area contributed by atoms with Gasteiger partial charge in [0.2, 0.25) is 0 Å². The van der Waals surface area contributed by atoms with Gasteiger partial charge < -0.3 is 15.4 Å². The van der Waals surface area contributed by atoms with Crippen LogP contribution in [0.15, 0.2) is 24.3 Å². The van der Waals surface area contributed by atoms with E-state index in [2.05, 4.69) is 6.07 Å². The summed E-state index contributed by atoms with van der Waals surface area (Å²) < 4.78 is 5.68. The van der Waals surface area contributed by atoms with Crippen molar-refractivity contribution in [2.24, 2.45) is 11.7 Å². The molecule has 18 heavy (non-hydrogen) atoms. The number of nitriles is 1. The van der Waals surface area contributed by atoms with Crippen molar-refractivity contribution in [3.63, 3.8) is 0 Å². The van der Waals surface area contributed by atoms with Crippen LogP contribution in [0.3, 0.4) is 0 Å². The van der Waals surface area contributed by atoms with Crippen molar-refractivity contribution in [3.05, 3.63) is 24.3 Å². The Morgan fingerprint density at radius 3 is 2.78 bits per heavy atom. The van der Waals surface area contributed by atoms with Crippen LogP contribution in [-0.4, -0.2) is 26.2 Å². The van der Waals surface area contributed by atoms with Crippen LogP contribution in [0.25, 0.3) is 0 Å². The maximum absolute atomic E-state index is 9.15. The largest absolute Gasteiger partial charge is 0.490 e. The van der Waals surface area contributed by atoms with Crippen LogP contribution in [0.1, 0.15) is 12.8 Å². The van der Waals surface area contributed by atoms with E-state index in [1.165, 1.54) is 0 Å². The minimum absolute atomic E-state index is 0.255. The Balaban J connectivity index is 2.01. The lowest BCUT2D eigenvalue weighted by Gasteiger charge is -2.22. The minimum atomic E-state index is -0.839. The van der Waals surface area contributed by atoms with Crippen LogP contribution >= 0.6 is 0 Å². The standard InChI is InChI=1S/C14H19N3O/c1-17(2)12-4-3-5-13(8-12)18-10-14(16,9-15)11-6-7-11/h3-5,8,11H,6-7,10,16H2,1-2H3. The third-order valence-electron chi connectivity index (χ3n) is 3.33. The molecule has 0 radical (unpaired) electrons. The lowest BCUT2D eigenvalue weighted by Crippen LogP contribution is -2.46. The van der Waals surface area contributed by atoms with Gasteiger partial charge in [-0.25, -0.2) is 0 Å². The Morgan fingerprint density at radius 2 is 2.22 bits per heavy atom. The molecular weight excluding hydrogens is 226 g/mol. The molecule has 4 heteroatoms. The second-order valence-corrected chi connectivity index (χ2v) is 5.11. The van der Waals surface area contributed by atoms with E-state index in [1.807, 2.05) is 43.3 Å². The van der Waals surface area contributed by atoms with Gasteiger partial charge in [0.1, 0.15) is 17.9 Å². The minimum Gasteiger partial charge on any atom is -0.490 e. The zero-order chi connectivity index (χ0) is 13.2. The fourth-order valence-corrected chi connectivity index (χ4v) is 1.89. The van der Waals surface area contributed by atoms with Gasteiger partial charge in [-0.05, 0) is 30.9 Å². The number of benzene rings is 1. The molecule has 2 N–H and O–H groups in total. The lowest BCUT2D eigenvalue weighted by molar-refractivity contribution is 0.237. The zero-order valence-corrected chi connectivity index (χ0v) is 10.9. The van der Waals surface area contributed by atoms with Crippen molar-refractivity contribution in [1.29, 1.82) is 5.26 Å². The maximum atomic E-state index is 9.15. The number of anilines is 1. The molecule has 0 amide bonds. The summed E-state index contributed by atoms with van der Waals surface area (Å²) in [5, 5.41) is 9.15. The first-order valence-corrected chi connectivity index (χ1v) is 6.15. The molecule has 0 saturated heterocycles. The highest BCUT2D eigenvalue weighted by molar-refractivity contribution is 5.49. The van der Waals surface area contributed by atoms with E-state index in [0.29, 0.717) is 5.92 Å². The molecule has 96 valence electrons. The normalized spacial score (nSPS) is 17.7. The molecule has 1 aromatic carbocycles. The van der Waals surface area contributed by atoms with Crippen molar-refractivity contribution in [2.75, 3.05) is 25.6 Å². The molecule has 1 saturated carbocycles. The summed E-state index contributed by atoms with van der Waals surface area (Å²) in [6.45, 7) is 0.255. The molecule has 0 aromatic heterocycles. The number of nitrogens with zero attached hydrogens (tertiary/aromatic N) is 2. The van der Waals surface area contributed by atoms with Crippen LogP contribution in [0, 0.1) is 17.2 Å². The smallest absolute Gasteiger partial charge is 0.141 e. The summed E-state index contributed by atoms with van der Waals surface area (Å²) in [5.41, 5.74) is 6.28. The Kier molecular flexibility index (Phi) is 3.44. The van der Waals surface area contributed by atoms with E-state index in [0.717, 1.165) is 24.3 Å². The van der Waals surface area contributed by atoms with Crippen LogP contribution in [0.5, 0.6) is 5.75 Å². The Hall–Kier alpha value is -1.73. The number of ether oxygens (including phenoxy) is 1. The van der Waals surface area contributed by atoms with Crippen molar-refractivity contribution in [1.82, 2.24) is 0 Å². The first kappa shape index (κ1) is 12.7. The molecule has 1 unspecified atom stereocenters. The molecule has 4 nitrogen and oxygen atoms in total. The second kappa shape index (κ2) is 4.87. The summed E-state index contributed by atoms with van der Waals surface area (Å²) in [4.78, 5) is 2.01. The number of rotatable bonds is 5. The first-order valence-electron chi connectivity index (χ1n) is 6.15. The van der Waals surface area contributed by atoms with Crippen LogP contribution in [0.4, 0.5) is 5.69 Å². The molecule has 1 atom stereocenters. The maximum Gasteiger partial charge on any atom is 0.141 e. The van der Waals surface area contributed by atoms with Gasteiger partial charge in [-0.3, -0.25) is 0 Å². The topological polar surface area (TPSA) is 62.3 Å². The first-order chi connectivity index (χ1) is 8.55. The zero-order valence-electron chi connectivity index (χ0n) is 10.9. The van der Waals surface area contributed by atoms with E-state index in [4.69, 9.17) is 15.7 Å². The van der Waals surface area contributed by atoms with E-state index in [9.17, 15) is 0 Å². The highest BCUT2D eigenvalue weighted by Gasteiger charge is 2.43. The molecular formula is C14H19N3O. The van der Waals surface area contributed by atoms with Crippen molar-refractivity contribution in [2.45, 2.75) is 18.4 Å². The van der Waals surface area contributed by atoms with Gasteiger partial charge in [-0.2, -0.15) is 5.26 Å². The molecule has 1 fully saturated rings. The van der Waals surface area contributed by atoms with E-state index >= 15 is 0 Å². The van der Waals surface area contributed by atoms with Crippen molar-refractivity contribution < 1.29 is 4.74 Å². The van der Waals surface area contributed by atoms with Gasteiger partial charge >= 0.3 is 0 Å². The van der Waals surface area contributed by atoms with E-state index < -0.39 is 5.54 Å². The van der Waals surface area contributed by atoms with Crippen LogP contribution in [-0.2, 0) is 0 Å². The third kappa shape index (κ3) is 2.74. The molecule has 0 heterocycles. The van der Waals surface area contributed by atoms with Gasteiger partial charge in [-0.1, -0.05) is 6.07 Å². The fourth-order valence-electron chi connectivity index (χ4n) is 1.89. The predicted octanol–water partition coefficient (Wildman–Crippen LogP) is 1.76. The summed E-state index contributed by atoms with van der Waals surface area (Å²) in [7, 11) is 3.96. The Labute approximate surface area is 108 Å². The number of nitrogens with two attached hydrogens (primary N) is 1. The molecule has 2 rings (SSSR count). The number of hydrogen-bond donors (Lipinski definition) is 1. The summed E-state index contributed by atoms with van der Waals surface area (Å²) in [6, 6.07) is 9.97. The molecule has 1 aromatic rings. The van der Waals surface area contributed by atoms with Gasteiger partial charge in [0.25, 0.3) is 0 Å². The monoisotopic (exact) mass is 245 g/mol. The summed E-state index contributed by atoms with van der Waals surface area (Å²) in [6.07, 6.45) is 2.07. The average molecular weight is 245 g/mol. The highest BCUT2D eigenvalue weighted by Crippen LogP contribution is 2.38. The van der Waals surface area contributed by atoms with Crippen molar-refractivity contribution >= 4 is 5.69 Å². The Bertz CT molecular complexity index is 462. The molecule has 0 aliphatic heterocycles. The van der Waals surface area contributed by atoms with E-state index in [1.54, 1.807) is 0 Å².